The van der Waals surface area contributed by atoms with E-state index in [0.717, 1.165) is 5.56 Å². The Hall–Kier alpha value is -3.13. The molecule has 0 aromatic heterocycles. The molecule has 1 atom stereocenters. The summed E-state index contributed by atoms with van der Waals surface area (Å²) in [5.41, 5.74) is 1.71. The number of anilines is 2. The van der Waals surface area contributed by atoms with Gasteiger partial charge in [-0.25, -0.2) is 0 Å². The first-order valence-electron chi connectivity index (χ1n) is 8.50. The van der Waals surface area contributed by atoms with Crippen LogP contribution in [0.1, 0.15) is 12.0 Å². The van der Waals surface area contributed by atoms with Crippen LogP contribution in [-0.2, 0) is 9.59 Å². The van der Waals surface area contributed by atoms with Crippen molar-refractivity contribution in [2.45, 2.75) is 13.3 Å². The number of nitro benzene ring substituents is 1. The Kier molecular flexibility index (Phi) is 5.51. The van der Waals surface area contributed by atoms with Gasteiger partial charge in [0.1, 0.15) is 5.75 Å². The molecule has 1 fully saturated rings. The van der Waals surface area contributed by atoms with Crippen LogP contribution in [0.25, 0.3) is 0 Å². The number of non-ortho nitro benzene ring substituents is 1. The molecule has 0 radical (unpaired) electrons. The summed E-state index contributed by atoms with van der Waals surface area (Å²) in [4.78, 5) is 36.9. The number of nitrogens with zero attached hydrogens (tertiary/aromatic N) is 2. The van der Waals surface area contributed by atoms with Gasteiger partial charge < -0.3 is 15.0 Å². The number of amides is 2. The fourth-order valence-electron chi connectivity index (χ4n) is 3.08. The summed E-state index contributed by atoms with van der Waals surface area (Å²) in [5.74, 6) is -0.905. The van der Waals surface area contributed by atoms with E-state index in [-0.39, 0.29) is 36.2 Å². The molecule has 9 heteroatoms. The Labute approximate surface area is 166 Å². The van der Waals surface area contributed by atoms with Crippen LogP contribution in [0, 0.1) is 23.0 Å². The number of benzene rings is 2. The highest BCUT2D eigenvalue weighted by atomic mass is 35.5. The maximum absolute atomic E-state index is 12.6. The standard InChI is InChI=1S/C19H18ClN3O5/c1-11-3-4-13(20)8-15(11)21-19(25)12-7-18(24)22(10-12)16-6-5-14(23(26)27)9-17(16)28-2/h3-6,8-9,12H,7,10H2,1-2H3,(H,21,25)/t12-/m1/s1. The van der Waals surface area contributed by atoms with Gasteiger partial charge in [-0.3, -0.25) is 19.7 Å². The Morgan fingerprint density at radius 2 is 2.07 bits per heavy atom. The molecule has 1 heterocycles. The van der Waals surface area contributed by atoms with E-state index >= 15 is 0 Å². The molecule has 2 amide bonds. The van der Waals surface area contributed by atoms with E-state index in [0.29, 0.717) is 16.4 Å². The Morgan fingerprint density at radius 1 is 1.32 bits per heavy atom. The normalized spacial score (nSPS) is 16.2. The number of carbonyl (C=O) groups excluding carboxylic acids is 2. The molecule has 1 saturated heterocycles. The van der Waals surface area contributed by atoms with E-state index in [1.54, 1.807) is 18.2 Å². The Bertz CT molecular complexity index is 963. The van der Waals surface area contributed by atoms with Crippen LogP contribution in [0.15, 0.2) is 36.4 Å². The minimum atomic E-state index is -0.564. The minimum absolute atomic E-state index is 0.0333. The lowest BCUT2D eigenvalue weighted by molar-refractivity contribution is -0.384. The predicted octanol–water partition coefficient (Wildman–Crippen LogP) is 3.56. The van der Waals surface area contributed by atoms with Crippen molar-refractivity contribution in [3.63, 3.8) is 0 Å². The number of nitrogens with one attached hydrogen (secondary N) is 1. The van der Waals surface area contributed by atoms with Crippen LogP contribution < -0.4 is 15.0 Å². The highest BCUT2D eigenvalue weighted by Crippen LogP contribution is 2.36. The zero-order chi connectivity index (χ0) is 20.4. The summed E-state index contributed by atoms with van der Waals surface area (Å²) in [7, 11) is 1.37. The maximum atomic E-state index is 12.6. The van der Waals surface area contributed by atoms with Gasteiger partial charge in [0.25, 0.3) is 5.69 Å². The van der Waals surface area contributed by atoms with Gasteiger partial charge in [-0.15, -0.1) is 0 Å². The van der Waals surface area contributed by atoms with E-state index in [2.05, 4.69) is 5.32 Å². The average molecular weight is 404 g/mol. The molecule has 2 aromatic rings. The van der Waals surface area contributed by atoms with Crippen molar-refractivity contribution in [2.24, 2.45) is 5.92 Å². The summed E-state index contributed by atoms with van der Waals surface area (Å²) in [6.07, 6.45) is 0.0333. The Morgan fingerprint density at radius 3 is 2.75 bits per heavy atom. The predicted molar refractivity (Wildman–Crippen MR) is 105 cm³/mol. The molecule has 2 aromatic carbocycles. The molecule has 8 nitrogen and oxygen atoms in total. The summed E-state index contributed by atoms with van der Waals surface area (Å²) in [6, 6.07) is 9.19. The third-order valence-corrected chi connectivity index (χ3v) is 4.85. The lowest BCUT2D eigenvalue weighted by atomic mass is 10.1. The van der Waals surface area contributed by atoms with Crippen LogP contribution in [0.4, 0.5) is 17.1 Å². The van der Waals surface area contributed by atoms with Crippen LogP contribution in [0.2, 0.25) is 5.02 Å². The number of nitro groups is 1. The molecule has 1 N–H and O–H groups in total. The highest BCUT2D eigenvalue weighted by Gasteiger charge is 2.36. The summed E-state index contributed by atoms with van der Waals surface area (Å²) < 4.78 is 5.20. The number of carbonyl (C=O) groups is 2. The zero-order valence-corrected chi connectivity index (χ0v) is 16.0. The van der Waals surface area contributed by atoms with Crippen molar-refractivity contribution in [3.8, 4) is 5.75 Å². The van der Waals surface area contributed by atoms with Gasteiger partial charge in [0.05, 0.1) is 29.7 Å². The molecule has 3 rings (SSSR count). The van der Waals surface area contributed by atoms with Crippen LogP contribution >= 0.6 is 11.6 Å². The summed E-state index contributed by atoms with van der Waals surface area (Å²) >= 11 is 5.98. The molecule has 0 spiro atoms. The van der Waals surface area contributed by atoms with Crippen LogP contribution in [0.5, 0.6) is 5.75 Å². The van der Waals surface area contributed by atoms with Crippen LogP contribution in [0.3, 0.4) is 0 Å². The third-order valence-electron chi connectivity index (χ3n) is 4.62. The fraction of sp³-hybridized carbons (Fsp3) is 0.263. The van der Waals surface area contributed by atoms with Crippen molar-refractivity contribution >= 4 is 40.5 Å². The molecule has 28 heavy (non-hydrogen) atoms. The van der Waals surface area contributed by atoms with Crippen molar-refractivity contribution in [1.29, 1.82) is 0 Å². The van der Waals surface area contributed by atoms with E-state index < -0.39 is 10.8 Å². The van der Waals surface area contributed by atoms with Gasteiger partial charge >= 0.3 is 0 Å². The summed E-state index contributed by atoms with van der Waals surface area (Å²) in [5, 5.41) is 14.3. The first-order valence-corrected chi connectivity index (χ1v) is 8.87. The van der Waals surface area contributed by atoms with Gasteiger partial charge in [0.15, 0.2) is 0 Å². The van der Waals surface area contributed by atoms with Gasteiger partial charge in [-0.1, -0.05) is 17.7 Å². The SMILES string of the molecule is COc1cc([N+](=O)[O-])ccc1N1C[C@H](C(=O)Nc2cc(Cl)ccc2C)CC1=O. The molecule has 146 valence electrons. The molecular weight excluding hydrogens is 386 g/mol. The van der Waals surface area contributed by atoms with Crippen molar-refractivity contribution in [1.82, 2.24) is 0 Å². The van der Waals surface area contributed by atoms with E-state index in [9.17, 15) is 19.7 Å². The fourth-order valence-corrected chi connectivity index (χ4v) is 3.25. The Balaban J connectivity index is 1.79. The van der Waals surface area contributed by atoms with Crippen molar-refractivity contribution < 1.29 is 19.2 Å². The smallest absolute Gasteiger partial charge is 0.273 e. The van der Waals surface area contributed by atoms with Crippen LogP contribution in [-0.4, -0.2) is 30.4 Å². The number of aryl methyl sites for hydroxylation is 1. The van der Waals surface area contributed by atoms with E-state index in [1.165, 1.54) is 30.2 Å². The van der Waals surface area contributed by atoms with Gasteiger partial charge in [-0.2, -0.15) is 0 Å². The van der Waals surface area contributed by atoms with Crippen molar-refractivity contribution in [2.75, 3.05) is 23.9 Å². The number of rotatable bonds is 5. The lowest BCUT2D eigenvalue weighted by Gasteiger charge is -2.19. The molecule has 0 unspecified atom stereocenters. The largest absolute Gasteiger partial charge is 0.494 e. The molecular formula is C19H18ClN3O5. The second-order valence-corrected chi connectivity index (χ2v) is 6.90. The second kappa shape index (κ2) is 7.85. The zero-order valence-electron chi connectivity index (χ0n) is 15.3. The second-order valence-electron chi connectivity index (χ2n) is 6.47. The monoisotopic (exact) mass is 403 g/mol. The number of hydrogen-bond donors (Lipinski definition) is 1. The van der Waals surface area contributed by atoms with Crippen molar-refractivity contribution in [3.05, 3.63) is 57.1 Å². The van der Waals surface area contributed by atoms with Gasteiger partial charge in [-0.05, 0) is 30.7 Å². The highest BCUT2D eigenvalue weighted by molar-refractivity contribution is 6.31. The third kappa shape index (κ3) is 3.91. The van der Waals surface area contributed by atoms with Gasteiger partial charge in [0.2, 0.25) is 11.8 Å². The molecule has 0 bridgehead atoms. The quantitative estimate of drug-likeness (QED) is 0.607. The molecule has 1 aliphatic heterocycles. The number of halogens is 1. The molecule has 0 aliphatic carbocycles. The average Bonchev–Trinajstić information content (AvgIpc) is 3.05. The lowest BCUT2D eigenvalue weighted by Crippen LogP contribution is -2.28. The minimum Gasteiger partial charge on any atom is -0.494 e. The first kappa shape index (κ1) is 19.6. The van der Waals surface area contributed by atoms with E-state index in [4.69, 9.17) is 16.3 Å². The number of ether oxygens (including phenoxy) is 1. The van der Waals surface area contributed by atoms with Gasteiger partial charge in [0, 0.05) is 29.7 Å². The first-order chi connectivity index (χ1) is 13.3. The number of hydrogen-bond acceptors (Lipinski definition) is 5. The molecule has 1 aliphatic rings. The summed E-state index contributed by atoms with van der Waals surface area (Å²) in [6.45, 7) is 2.00. The maximum Gasteiger partial charge on any atom is 0.273 e. The van der Waals surface area contributed by atoms with E-state index in [1.807, 2.05) is 6.92 Å². The number of methoxy groups -OCH3 is 1. The topological polar surface area (TPSA) is 102 Å². The molecule has 0 saturated carbocycles.